The number of benzene rings is 3. The number of nitrogens with zero attached hydrogens (tertiary/aromatic N) is 4. The molecule has 3 aromatic carbocycles. The highest BCUT2D eigenvalue weighted by molar-refractivity contribution is 6.31. The number of aromatic hydroxyl groups is 1. The van der Waals surface area contributed by atoms with E-state index in [0.29, 0.717) is 51.7 Å². The van der Waals surface area contributed by atoms with Gasteiger partial charge in [0.05, 0.1) is 18.8 Å². The zero-order valence-electron chi connectivity index (χ0n) is 25.6. The predicted octanol–water partition coefficient (Wildman–Crippen LogP) is 4.17. The van der Waals surface area contributed by atoms with Crippen molar-refractivity contribution in [2.75, 3.05) is 38.2 Å². The molecular formula is C35H33ClN6O5. The van der Waals surface area contributed by atoms with E-state index < -0.39 is 18.0 Å². The summed E-state index contributed by atoms with van der Waals surface area (Å²) in [5.74, 6) is 5.48. The van der Waals surface area contributed by atoms with Crippen LogP contribution in [0.15, 0.2) is 79.0 Å². The Hall–Kier alpha value is -5.31. The van der Waals surface area contributed by atoms with E-state index in [1.54, 1.807) is 71.4 Å². The van der Waals surface area contributed by atoms with Gasteiger partial charge in [-0.15, -0.1) is 0 Å². The maximum Gasteiger partial charge on any atom is 0.318 e. The first-order valence-electron chi connectivity index (χ1n) is 15.2. The third-order valence-electron chi connectivity index (χ3n) is 8.04. The number of urea groups is 1. The molecule has 0 spiro atoms. The van der Waals surface area contributed by atoms with E-state index in [1.165, 1.54) is 11.0 Å². The second kappa shape index (κ2) is 14.0. The van der Waals surface area contributed by atoms with Gasteiger partial charge in [0.2, 0.25) is 5.91 Å². The lowest BCUT2D eigenvalue weighted by Crippen LogP contribution is -2.58. The Morgan fingerprint density at radius 3 is 2.51 bits per heavy atom. The number of morpholine rings is 1. The van der Waals surface area contributed by atoms with Gasteiger partial charge >= 0.3 is 6.03 Å². The van der Waals surface area contributed by atoms with Crippen LogP contribution in [0.2, 0.25) is 5.02 Å². The molecule has 12 heteroatoms. The van der Waals surface area contributed by atoms with Gasteiger partial charge in [-0.1, -0.05) is 53.8 Å². The molecule has 2 aliphatic rings. The van der Waals surface area contributed by atoms with E-state index in [1.807, 2.05) is 18.2 Å². The van der Waals surface area contributed by atoms with E-state index in [-0.39, 0.29) is 37.4 Å². The Morgan fingerprint density at radius 2 is 1.79 bits per heavy atom. The monoisotopic (exact) mass is 652 g/mol. The summed E-state index contributed by atoms with van der Waals surface area (Å²) in [6.45, 7) is 1.80. The Labute approximate surface area is 277 Å². The number of phenolic OH excluding ortho intramolecular Hbond substituents is 1. The molecule has 240 valence electrons. The minimum absolute atomic E-state index is 0.0261. The van der Waals surface area contributed by atoms with Crippen molar-refractivity contribution in [1.29, 1.82) is 0 Å². The van der Waals surface area contributed by atoms with Gasteiger partial charge in [0.1, 0.15) is 23.5 Å². The van der Waals surface area contributed by atoms with Gasteiger partial charge < -0.3 is 30.3 Å². The van der Waals surface area contributed by atoms with Crippen LogP contribution in [-0.2, 0) is 21.4 Å². The minimum atomic E-state index is -0.946. The normalized spacial score (nSPS) is 16.3. The van der Waals surface area contributed by atoms with Gasteiger partial charge in [-0.2, -0.15) is 5.10 Å². The van der Waals surface area contributed by atoms with Gasteiger partial charge in [-0.05, 0) is 54.4 Å². The van der Waals surface area contributed by atoms with Crippen LogP contribution in [0.3, 0.4) is 0 Å². The van der Waals surface area contributed by atoms with E-state index in [2.05, 4.69) is 27.6 Å². The lowest BCUT2D eigenvalue weighted by atomic mass is 10.0. The van der Waals surface area contributed by atoms with Crippen LogP contribution in [-0.4, -0.2) is 81.4 Å². The molecule has 11 nitrogen and oxygen atoms in total. The number of nitrogens with one attached hydrogen (secondary N) is 2. The molecule has 3 N–H and O–H groups in total. The van der Waals surface area contributed by atoms with Crippen molar-refractivity contribution >= 4 is 35.1 Å². The van der Waals surface area contributed by atoms with Gasteiger partial charge in [-0.3, -0.25) is 14.3 Å². The number of hydrogen-bond acceptors (Lipinski definition) is 6. The second-order valence-electron chi connectivity index (χ2n) is 11.3. The lowest BCUT2D eigenvalue weighted by Gasteiger charge is -2.38. The summed E-state index contributed by atoms with van der Waals surface area (Å²) in [4.78, 5) is 43.4. The Morgan fingerprint density at radius 1 is 1.02 bits per heavy atom. The standard InChI is InChI=1S/C35H33ClN6O5/c1-40-21-25(31(39-40)28-20-26(36)12-15-30(28)43)11-8-23-9-13-27(14-10-23)37-33(44)29-22-47-19-18-42(29)34(45)32(24-6-3-2-4-7-24)38-35(46)41-16-5-17-41/h2-4,6-7,9-10,12-15,20-21,29,32,43H,5,16-19,22H2,1H3,(H,37,44)(H,38,46)/t29-,32+/m1/s1. The summed E-state index contributed by atoms with van der Waals surface area (Å²) < 4.78 is 7.22. The number of aromatic nitrogens is 2. The number of ether oxygens (including phenoxy) is 1. The first-order valence-corrected chi connectivity index (χ1v) is 15.6. The van der Waals surface area contributed by atoms with Crippen molar-refractivity contribution in [3.05, 3.63) is 101 Å². The first-order chi connectivity index (χ1) is 22.8. The van der Waals surface area contributed by atoms with Crippen molar-refractivity contribution in [1.82, 2.24) is 24.9 Å². The van der Waals surface area contributed by atoms with Crippen molar-refractivity contribution < 1.29 is 24.2 Å². The zero-order valence-corrected chi connectivity index (χ0v) is 26.4. The number of phenols is 1. The number of carbonyl (C=O) groups is 3. The van der Waals surface area contributed by atoms with Crippen LogP contribution in [0, 0.1) is 11.8 Å². The minimum Gasteiger partial charge on any atom is -0.507 e. The quantitative estimate of drug-likeness (QED) is 0.268. The Balaban J connectivity index is 1.15. The summed E-state index contributed by atoms with van der Waals surface area (Å²) in [7, 11) is 1.77. The molecule has 1 aromatic heterocycles. The van der Waals surface area contributed by atoms with Crippen molar-refractivity contribution in [3.8, 4) is 28.8 Å². The number of hydrogen-bond donors (Lipinski definition) is 3. The number of halogens is 1. The molecule has 47 heavy (non-hydrogen) atoms. The molecule has 2 aliphatic heterocycles. The Bertz CT molecular complexity index is 1850. The third-order valence-corrected chi connectivity index (χ3v) is 8.28. The molecular weight excluding hydrogens is 620 g/mol. The Kier molecular flexibility index (Phi) is 9.42. The maximum atomic E-state index is 13.9. The predicted molar refractivity (Wildman–Crippen MR) is 177 cm³/mol. The topological polar surface area (TPSA) is 129 Å². The molecule has 2 fully saturated rings. The van der Waals surface area contributed by atoms with Crippen LogP contribution in [0.4, 0.5) is 10.5 Å². The lowest BCUT2D eigenvalue weighted by molar-refractivity contribution is -0.148. The molecule has 0 aliphatic carbocycles. The van der Waals surface area contributed by atoms with Crippen LogP contribution in [0.25, 0.3) is 11.3 Å². The first kappa shape index (κ1) is 31.7. The largest absolute Gasteiger partial charge is 0.507 e. The SMILES string of the molecule is Cn1cc(C#Cc2ccc(NC(=O)[C@H]3COCCN3C(=O)[C@@H](NC(=O)N3CCC3)c3ccccc3)cc2)c(-c2cc(Cl)ccc2O)n1. The number of likely N-dealkylation sites (tertiary alicyclic amines) is 1. The van der Waals surface area contributed by atoms with Crippen molar-refractivity contribution in [2.45, 2.75) is 18.5 Å². The molecule has 0 saturated carbocycles. The summed E-state index contributed by atoms with van der Waals surface area (Å²) in [6.07, 6.45) is 2.69. The number of carbonyl (C=O) groups excluding carboxylic acids is 3. The summed E-state index contributed by atoms with van der Waals surface area (Å²) in [6, 6.07) is 18.6. The van der Waals surface area contributed by atoms with Crippen molar-refractivity contribution in [3.63, 3.8) is 0 Å². The van der Waals surface area contributed by atoms with Gasteiger partial charge in [0.25, 0.3) is 5.91 Å². The molecule has 0 unspecified atom stereocenters. The van der Waals surface area contributed by atoms with Crippen molar-refractivity contribution in [2.24, 2.45) is 7.05 Å². The molecule has 2 saturated heterocycles. The molecule has 6 rings (SSSR count). The number of anilines is 1. The van der Waals surface area contributed by atoms with E-state index >= 15 is 0 Å². The second-order valence-corrected chi connectivity index (χ2v) is 11.7. The van der Waals surface area contributed by atoms with Crippen LogP contribution < -0.4 is 10.6 Å². The third kappa shape index (κ3) is 7.25. The zero-order chi connectivity index (χ0) is 32.9. The van der Waals surface area contributed by atoms with Crippen LogP contribution in [0.1, 0.15) is 29.2 Å². The smallest absolute Gasteiger partial charge is 0.318 e. The average molecular weight is 653 g/mol. The number of amides is 4. The maximum absolute atomic E-state index is 13.9. The highest BCUT2D eigenvalue weighted by atomic mass is 35.5. The number of aryl methyl sites for hydroxylation is 1. The molecule has 4 aromatic rings. The van der Waals surface area contributed by atoms with E-state index in [9.17, 15) is 19.5 Å². The summed E-state index contributed by atoms with van der Waals surface area (Å²) in [5, 5.41) is 21.0. The molecule has 0 bridgehead atoms. The fraction of sp³-hybridized carbons (Fsp3) is 0.257. The van der Waals surface area contributed by atoms with Gasteiger partial charge in [-0.25, -0.2) is 4.79 Å². The van der Waals surface area contributed by atoms with Crippen LogP contribution in [0.5, 0.6) is 5.75 Å². The molecule has 2 atom stereocenters. The summed E-state index contributed by atoms with van der Waals surface area (Å²) in [5.41, 5.74) is 3.45. The van der Waals surface area contributed by atoms with Gasteiger partial charge in [0.15, 0.2) is 0 Å². The molecule has 0 radical (unpaired) electrons. The fourth-order valence-electron chi connectivity index (χ4n) is 5.40. The number of rotatable bonds is 6. The molecule has 3 heterocycles. The van der Waals surface area contributed by atoms with Gasteiger partial charge in [0, 0.05) is 54.7 Å². The fourth-order valence-corrected chi connectivity index (χ4v) is 5.57. The van der Waals surface area contributed by atoms with Crippen LogP contribution >= 0.6 is 11.6 Å². The van der Waals surface area contributed by atoms with E-state index in [4.69, 9.17) is 16.3 Å². The molecule has 4 amide bonds. The highest BCUT2D eigenvalue weighted by Crippen LogP contribution is 2.32. The van der Waals surface area contributed by atoms with E-state index in [0.717, 1.165) is 6.42 Å². The average Bonchev–Trinajstić information content (AvgIpc) is 3.43. The highest BCUT2D eigenvalue weighted by Gasteiger charge is 2.38. The summed E-state index contributed by atoms with van der Waals surface area (Å²) >= 11 is 6.14.